The van der Waals surface area contributed by atoms with Gasteiger partial charge in [-0.15, -0.1) is 0 Å². The van der Waals surface area contributed by atoms with Gasteiger partial charge in [-0.3, -0.25) is 9.48 Å². The minimum Gasteiger partial charge on any atom is -0.492 e. The second-order valence-corrected chi connectivity index (χ2v) is 6.56. The van der Waals surface area contributed by atoms with Crippen molar-refractivity contribution < 1.29 is 9.53 Å². The molecule has 5 heteroatoms. The lowest BCUT2D eigenvalue weighted by Crippen LogP contribution is -2.37. The smallest absolute Gasteiger partial charge is 0.227 e. The number of carbonyl (C=O) groups is 1. The SMILES string of the molecule is O=C(NCc1ccc(Cn2cccn2)cc1)[C@H]1COc2ccccc2C1. The average Bonchev–Trinajstić information content (AvgIpc) is 3.20. The molecular weight excluding hydrogens is 326 g/mol. The predicted molar refractivity (Wildman–Crippen MR) is 98.7 cm³/mol. The molecule has 4 rings (SSSR count). The summed E-state index contributed by atoms with van der Waals surface area (Å²) in [5.74, 6) is 0.799. The lowest BCUT2D eigenvalue weighted by Gasteiger charge is -2.24. The molecule has 26 heavy (non-hydrogen) atoms. The highest BCUT2D eigenvalue weighted by Crippen LogP contribution is 2.26. The maximum absolute atomic E-state index is 12.5. The van der Waals surface area contributed by atoms with Crippen molar-refractivity contribution in [3.05, 3.63) is 83.7 Å². The number of hydrogen-bond donors (Lipinski definition) is 1. The zero-order chi connectivity index (χ0) is 17.8. The molecule has 1 amide bonds. The molecule has 132 valence electrons. The maximum Gasteiger partial charge on any atom is 0.227 e. The number of hydrogen-bond acceptors (Lipinski definition) is 3. The third kappa shape index (κ3) is 3.77. The molecule has 1 atom stereocenters. The first-order valence-electron chi connectivity index (χ1n) is 8.81. The van der Waals surface area contributed by atoms with Gasteiger partial charge < -0.3 is 10.1 Å². The number of nitrogens with zero attached hydrogens (tertiary/aromatic N) is 2. The summed E-state index contributed by atoms with van der Waals surface area (Å²) in [7, 11) is 0. The van der Waals surface area contributed by atoms with Crippen LogP contribution in [-0.4, -0.2) is 22.3 Å². The van der Waals surface area contributed by atoms with Gasteiger partial charge in [0, 0.05) is 18.9 Å². The van der Waals surface area contributed by atoms with Crippen LogP contribution in [0, 0.1) is 5.92 Å². The quantitative estimate of drug-likeness (QED) is 0.772. The molecule has 3 aromatic rings. The van der Waals surface area contributed by atoms with Crippen LogP contribution in [0.2, 0.25) is 0 Å². The van der Waals surface area contributed by atoms with E-state index in [9.17, 15) is 4.79 Å². The van der Waals surface area contributed by atoms with Gasteiger partial charge in [-0.05, 0) is 35.2 Å². The fraction of sp³-hybridized carbons (Fsp3) is 0.238. The van der Waals surface area contributed by atoms with Crippen molar-refractivity contribution in [3.63, 3.8) is 0 Å². The van der Waals surface area contributed by atoms with Gasteiger partial charge in [0.1, 0.15) is 12.4 Å². The number of nitrogens with one attached hydrogen (secondary N) is 1. The van der Waals surface area contributed by atoms with Crippen molar-refractivity contribution in [2.75, 3.05) is 6.61 Å². The number of amides is 1. The molecule has 2 heterocycles. The lowest BCUT2D eigenvalue weighted by atomic mass is 9.96. The van der Waals surface area contributed by atoms with Crippen LogP contribution in [0.3, 0.4) is 0 Å². The highest BCUT2D eigenvalue weighted by Gasteiger charge is 2.25. The molecule has 0 fully saturated rings. The molecule has 5 nitrogen and oxygen atoms in total. The van der Waals surface area contributed by atoms with Crippen molar-refractivity contribution in [1.29, 1.82) is 0 Å². The highest BCUT2D eigenvalue weighted by atomic mass is 16.5. The van der Waals surface area contributed by atoms with Gasteiger partial charge in [-0.1, -0.05) is 42.5 Å². The first-order chi connectivity index (χ1) is 12.8. The van der Waals surface area contributed by atoms with Crippen LogP contribution in [0.4, 0.5) is 0 Å². The normalized spacial score (nSPS) is 15.8. The fourth-order valence-corrected chi connectivity index (χ4v) is 3.17. The van der Waals surface area contributed by atoms with E-state index in [1.165, 1.54) is 5.56 Å². The summed E-state index contributed by atoms with van der Waals surface area (Å²) in [6, 6.07) is 18.1. The Labute approximate surface area is 152 Å². The standard InChI is InChI=1S/C21H21N3O2/c25-21(19-12-18-4-1-2-5-20(18)26-15-19)22-13-16-6-8-17(9-7-16)14-24-11-3-10-23-24/h1-11,19H,12-15H2,(H,22,25)/t19-/m1/s1. The Morgan fingerprint density at radius 1 is 1.12 bits per heavy atom. The van der Waals surface area contributed by atoms with Crippen LogP contribution in [0.1, 0.15) is 16.7 Å². The number of para-hydroxylation sites is 1. The molecule has 2 aromatic carbocycles. The topological polar surface area (TPSA) is 56.2 Å². The molecule has 0 aliphatic carbocycles. The third-order valence-corrected chi connectivity index (χ3v) is 4.64. The van der Waals surface area contributed by atoms with Gasteiger partial charge >= 0.3 is 0 Å². The van der Waals surface area contributed by atoms with Crippen molar-refractivity contribution in [2.45, 2.75) is 19.5 Å². The van der Waals surface area contributed by atoms with Crippen LogP contribution in [0.25, 0.3) is 0 Å². The van der Waals surface area contributed by atoms with E-state index in [4.69, 9.17) is 4.74 Å². The van der Waals surface area contributed by atoms with Crippen LogP contribution < -0.4 is 10.1 Å². The average molecular weight is 347 g/mol. The summed E-state index contributed by atoms with van der Waals surface area (Å²) < 4.78 is 7.59. The van der Waals surface area contributed by atoms with Crippen LogP contribution >= 0.6 is 0 Å². The van der Waals surface area contributed by atoms with E-state index in [2.05, 4.69) is 22.5 Å². The van der Waals surface area contributed by atoms with E-state index in [0.717, 1.165) is 29.8 Å². The zero-order valence-corrected chi connectivity index (χ0v) is 14.5. The second kappa shape index (κ2) is 7.44. The Balaban J connectivity index is 1.30. The van der Waals surface area contributed by atoms with Crippen molar-refractivity contribution >= 4 is 5.91 Å². The molecule has 0 spiro atoms. The molecule has 0 saturated carbocycles. The predicted octanol–water partition coefficient (Wildman–Crippen LogP) is 2.80. The van der Waals surface area contributed by atoms with Crippen molar-refractivity contribution in [1.82, 2.24) is 15.1 Å². The minimum absolute atomic E-state index is 0.0418. The Kier molecular flexibility index (Phi) is 4.69. The molecule has 1 aliphatic rings. The number of ether oxygens (including phenoxy) is 1. The van der Waals surface area contributed by atoms with Crippen molar-refractivity contribution in [3.8, 4) is 5.75 Å². The van der Waals surface area contributed by atoms with Gasteiger partial charge in [0.15, 0.2) is 0 Å². The first-order valence-corrected chi connectivity index (χ1v) is 8.81. The summed E-state index contributed by atoms with van der Waals surface area (Å²) in [6.45, 7) is 1.71. The van der Waals surface area contributed by atoms with Gasteiger partial charge in [-0.2, -0.15) is 5.10 Å². The first kappa shape index (κ1) is 16.4. The number of benzene rings is 2. The van der Waals surface area contributed by atoms with Gasteiger partial charge in [0.25, 0.3) is 0 Å². The van der Waals surface area contributed by atoms with E-state index >= 15 is 0 Å². The number of fused-ring (bicyclic) bond motifs is 1. The van der Waals surface area contributed by atoms with Crippen molar-refractivity contribution in [2.24, 2.45) is 5.92 Å². The summed E-state index contributed by atoms with van der Waals surface area (Å²) in [4.78, 5) is 12.5. The third-order valence-electron chi connectivity index (χ3n) is 4.64. The van der Waals surface area contributed by atoms with Gasteiger partial charge in [0.05, 0.1) is 12.5 Å². The largest absolute Gasteiger partial charge is 0.492 e. The molecule has 0 unspecified atom stereocenters. The van der Waals surface area contributed by atoms with Gasteiger partial charge in [-0.25, -0.2) is 0 Å². The van der Waals surface area contributed by atoms with E-state index in [1.807, 2.05) is 53.3 Å². The Morgan fingerprint density at radius 3 is 2.73 bits per heavy atom. The van der Waals surface area contributed by atoms with Crippen LogP contribution in [0.5, 0.6) is 5.75 Å². The van der Waals surface area contributed by atoms with E-state index in [1.54, 1.807) is 6.20 Å². The maximum atomic E-state index is 12.5. The molecular formula is C21H21N3O2. The summed E-state index contributed by atoms with van der Waals surface area (Å²) in [6.07, 6.45) is 4.45. The number of aromatic nitrogens is 2. The summed E-state index contributed by atoms with van der Waals surface area (Å²) in [5.41, 5.74) is 3.36. The lowest BCUT2D eigenvalue weighted by molar-refractivity contribution is -0.126. The minimum atomic E-state index is -0.135. The Hall–Kier alpha value is -3.08. The Morgan fingerprint density at radius 2 is 1.92 bits per heavy atom. The van der Waals surface area contributed by atoms with Crippen LogP contribution in [0.15, 0.2) is 67.0 Å². The number of rotatable bonds is 5. The second-order valence-electron chi connectivity index (χ2n) is 6.56. The summed E-state index contributed by atoms with van der Waals surface area (Å²) in [5, 5.41) is 7.24. The molecule has 0 bridgehead atoms. The highest BCUT2D eigenvalue weighted by molar-refractivity contribution is 5.79. The molecule has 0 saturated heterocycles. The summed E-state index contributed by atoms with van der Waals surface area (Å²) >= 11 is 0. The van der Waals surface area contributed by atoms with E-state index in [0.29, 0.717) is 13.2 Å². The molecule has 1 N–H and O–H groups in total. The zero-order valence-electron chi connectivity index (χ0n) is 14.5. The van der Waals surface area contributed by atoms with Crippen LogP contribution in [-0.2, 0) is 24.3 Å². The monoisotopic (exact) mass is 347 g/mol. The molecule has 0 radical (unpaired) electrons. The van der Waals surface area contributed by atoms with E-state index in [-0.39, 0.29) is 11.8 Å². The van der Waals surface area contributed by atoms with Gasteiger partial charge in [0.2, 0.25) is 5.91 Å². The number of carbonyl (C=O) groups excluding carboxylic acids is 1. The molecule has 1 aliphatic heterocycles. The Bertz CT molecular complexity index is 873. The van der Waals surface area contributed by atoms with E-state index < -0.39 is 0 Å². The molecule has 1 aromatic heterocycles. The fourth-order valence-electron chi connectivity index (χ4n) is 3.17.